The van der Waals surface area contributed by atoms with Crippen LogP contribution < -0.4 is 5.73 Å². The van der Waals surface area contributed by atoms with Crippen molar-refractivity contribution < 1.29 is 14.6 Å². The molecule has 2 aromatic rings. The summed E-state index contributed by atoms with van der Waals surface area (Å²) in [4.78, 5) is 11.6. The number of amides is 1. The third-order valence-electron chi connectivity index (χ3n) is 3.74. The predicted molar refractivity (Wildman–Crippen MR) is 85.5 cm³/mol. The van der Waals surface area contributed by atoms with Crippen molar-refractivity contribution in [2.24, 2.45) is 11.1 Å². The Kier molecular flexibility index (Phi) is 4.13. The highest BCUT2D eigenvalue weighted by atomic mass is 16.6. The molecule has 1 atom stereocenters. The summed E-state index contributed by atoms with van der Waals surface area (Å²) in [6.07, 6.45) is -0.859. The highest BCUT2D eigenvalue weighted by molar-refractivity contribution is 5.66. The van der Waals surface area contributed by atoms with Crippen molar-refractivity contribution in [2.45, 2.75) is 26.4 Å². The number of hydrogen-bond acceptors (Lipinski definition) is 3. The van der Waals surface area contributed by atoms with Gasteiger partial charge in [-0.2, -0.15) is 0 Å². The maximum atomic E-state index is 11.6. The summed E-state index contributed by atoms with van der Waals surface area (Å²) in [5, 5.41) is 9.85. The zero-order valence-electron chi connectivity index (χ0n) is 13.0. The molecule has 0 aliphatic heterocycles. The first-order valence-electron chi connectivity index (χ1n) is 7.11. The lowest BCUT2D eigenvalue weighted by molar-refractivity contribution is -0.0375. The van der Waals surface area contributed by atoms with E-state index in [4.69, 9.17) is 10.5 Å². The van der Waals surface area contributed by atoms with Crippen molar-refractivity contribution >= 4 is 6.09 Å². The highest BCUT2D eigenvalue weighted by Gasteiger charge is 2.48. The molecule has 4 nitrogen and oxygen atoms in total. The molecule has 0 aromatic heterocycles. The SMILES string of the molecule is CC(C)(C)C(OC(N)=O)(c1ccccc1)c1cccc(O)c1. The molecular formula is C18H21NO3. The Balaban J connectivity index is 2.79. The highest BCUT2D eigenvalue weighted by Crippen LogP contribution is 2.48. The first-order chi connectivity index (χ1) is 10.3. The predicted octanol–water partition coefficient (Wildman–Crippen LogP) is 3.78. The minimum atomic E-state index is -1.10. The van der Waals surface area contributed by atoms with Crippen LogP contribution in [0.3, 0.4) is 0 Å². The van der Waals surface area contributed by atoms with Crippen LogP contribution in [0.15, 0.2) is 54.6 Å². The summed E-state index contributed by atoms with van der Waals surface area (Å²) in [7, 11) is 0. The van der Waals surface area contributed by atoms with E-state index in [9.17, 15) is 9.90 Å². The molecule has 1 amide bonds. The van der Waals surface area contributed by atoms with Gasteiger partial charge in [0.2, 0.25) is 0 Å². The van der Waals surface area contributed by atoms with Gasteiger partial charge in [-0.15, -0.1) is 0 Å². The first-order valence-corrected chi connectivity index (χ1v) is 7.11. The number of nitrogens with two attached hydrogens (primary N) is 1. The standard InChI is InChI=1S/C18H21NO3/c1-17(2,3)18(22-16(19)21,13-8-5-4-6-9-13)14-10-7-11-15(20)12-14/h4-12,20H,1-3H3,(H2,19,21). The van der Waals surface area contributed by atoms with Crippen LogP contribution in [0.1, 0.15) is 31.9 Å². The van der Waals surface area contributed by atoms with Crippen LogP contribution in [0.5, 0.6) is 5.75 Å². The lowest BCUT2D eigenvalue weighted by Crippen LogP contribution is -2.46. The average Bonchev–Trinajstić information content (AvgIpc) is 2.44. The van der Waals surface area contributed by atoms with Crippen molar-refractivity contribution in [3.05, 3.63) is 65.7 Å². The molecule has 0 saturated carbocycles. The van der Waals surface area contributed by atoms with E-state index in [2.05, 4.69) is 0 Å². The smallest absolute Gasteiger partial charge is 0.405 e. The molecule has 0 fully saturated rings. The number of phenols is 1. The van der Waals surface area contributed by atoms with Crippen LogP contribution in [-0.4, -0.2) is 11.2 Å². The number of carbonyl (C=O) groups excluding carboxylic acids is 1. The van der Waals surface area contributed by atoms with Crippen molar-refractivity contribution in [2.75, 3.05) is 0 Å². The summed E-state index contributed by atoms with van der Waals surface area (Å²) in [5.74, 6) is 0.107. The van der Waals surface area contributed by atoms with Gasteiger partial charge in [-0.05, 0) is 12.1 Å². The van der Waals surface area contributed by atoms with Crippen LogP contribution in [0.25, 0.3) is 0 Å². The van der Waals surface area contributed by atoms with E-state index in [-0.39, 0.29) is 5.75 Å². The van der Waals surface area contributed by atoms with Gasteiger partial charge in [-0.1, -0.05) is 63.2 Å². The Hall–Kier alpha value is -2.49. The topological polar surface area (TPSA) is 72.5 Å². The van der Waals surface area contributed by atoms with Gasteiger partial charge in [-0.25, -0.2) is 4.79 Å². The van der Waals surface area contributed by atoms with Crippen LogP contribution in [0, 0.1) is 5.41 Å². The molecule has 0 aliphatic rings. The minimum Gasteiger partial charge on any atom is -0.508 e. The molecule has 0 bridgehead atoms. The largest absolute Gasteiger partial charge is 0.508 e. The molecule has 2 aromatic carbocycles. The normalized spacial score (nSPS) is 14.1. The van der Waals surface area contributed by atoms with E-state index in [1.54, 1.807) is 18.2 Å². The van der Waals surface area contributed by atoms with Gasteiger partial charge in [0.05, 0.1) is 0 Å². The van der Waals surface area contributed by atoms with Gasteiger partial charge in [0.1, 0.15) is 5.75 Å². The molecule has 0 radical (unpaired) electrons. The molecule has 2 rings (SSSR count). The monoisotopic (exact) mass is 299 g/mol. The summed E-state index contributed by atoms with van der Waals surface area (Å²) in [6.45, 7) is 5.90. The lowest BCUT2D eigenvalue weighted by atomic mass is 9.68. The summed E-state index contributed by atoms with van der Waals surface area (Å²) >= 11 is 0. The third kappa shape index (κ3) is 2.77. The molecule has 4 heteroatoms. The number of ether oxygens (including phenoxy) is 1. The molecule has 0 aliphatic carbocycles. The maximum Gasteiger partial charge on any atom is 0.405 e. The lowest BCUT2D eigenvalue weighted by Gasteiger charge is -2.44. The van der Waals surface area contributed by atoms with Crippen LogP contribution in [0.2, 0.25) is 0 Å². The van der Waals surface area contributed by atoms with E-state index >= 15 is 0 Å². The van der Waals surface area contributed by atoms with E-state index in [1.807, 2.05) is 57.2 Å². The van der Waals surface area contributed by atoms with E-state index in [0.29, 0.717) is 5.56 Å². The number of primary amides is 1. The van der Waals surface area contributed by atoms with Crippen molar-refractivity contribution in [3.63, 3.8) is 0 Å². The zero-order valence-corrected chi connectivity index (χ0v) is 13.0. The van der Waals surface area contributed by atoms with Crippen LogP contribution >= 0.6 is 0 Å². The number of rotatable bonds is 3. The number of hydrogen-bond donors (Lipinski definition) is 2. The molecule has 0 heterocycles. The Morgan fingerprint density at radius 2 is 1.59 bits per heavy atom. The van der Waals surface area contributed by atoms with Gasteiger partial charge in [0.15, 0.2) is 5.60 Å². The van der Waals surface area contributed by atoms with Gasteiger partial charge < -0.3 is 15.6 Å². The Morgan fingerprint density at radius 1 is 1.00 bits per heavy atom. The van der Waals surface area contributed by atoms with E-state index in [0.717, 1.165) is 5.56 Å². The van der Waals surface area contributed by atoms with Gasteiger partial charge in [0.25, 0.3) is 0 Å². The number of carbonyl (C=O) groups is 1. The average molecular weight is 299 g/mol. The summed E-state index contributed by atoms with van der Waals surface area (Å²) in [6, 6.07) is 16.1. The molecule has 22 heavy (non-hydrogen) atoms. The fourth-order valence-electron chi connectivity index (χ4n) is 2.85. The molecule has 0 spiro atoms. The van der Waals surface area contributed by atoms with E-state index in [1.165, 1.54) is 0 Å². The zero-order chi connectivity index (χ0) is 16.4. The number of phenolic OH excluding ortho intramolecular Hbond substituents is 1. The van der Waals surface area contributed by atoms with Gasteiger partial charge in [0, 0.05) is 16.5 Å². The fourth-order valence-corrected chi connectivity index (χ4v) is 2.85. The van der Waals surface area contributed by atoms with Crippen LogP contribution in [0.4, 0.5) is 4.79 Å². The third-order valence-corrected chi connectivity index (χ3v) is 3.74. The van der Waals surface area contributed by atoms with Crippen molar-refractivity contribution in [1.82, 2.24) is 0 Å². The van der Waals surface area contributed by atoms with Crippen LogP contribution in [-0.2, 0) is 10.3 Å². The maximum absolute atomic E-state index is 11.6. The Labute approximate surface area is 130 Å². The van der Waals surface area contributed by atoms with Crippen molar-refractivity contribution in [3.8, 4) is 5.75 Å². The molecule has 1 unspecified atom stereocenters. The van der Waals surface area contributed by atoms with Gasteiger partial charge in [-0.3, -0.25) is 0 Å². The Bertz CT molecular complexity index is 662. The molecule has 116 valence electrons. The molecular weight excluding hydrogens is 278 g/mol. The second-order valence-corrected chi connectivity index (χ2v) is 6.27. The molecule has 3 N–H and O–H groups in total. The van der Waals surface area contributed by atoms with Crippen molar-refractivity contribution in [1.29, 1.82) is 0 Å². The number of aromatic hydroxyl groups is 1. The molecule has 0 saturated heterocycles. The minimum absolute atomic E-state index is 0.107. The summed E-state index contributed by atoms with van der Waals surface area (Å²) in [5.41, 5.74) is 5.25. The summed E-state index contributed by atoms with van der Waals surface area (Å²) < 4.78 is 5.66. The number of benzene rings is 2. The van der Waals surface area contributed by atoms with E-state index < -0.39 is 17.1 Å². The van der Waals surface area contributed by atoms with Gasteiger partial charge >= 0.3 is 6.09 Å². The second-order valence-electron chi connectivity index (χ2n) is 6.27. The second kappa shape index (κ2) is 5.72. The fraction of sp³-hybridized carbons (Fsp3) is 0.278. The first kappa shape index (κ1) is 15.9. The Morgan fingerprint density at radius 3 is 2.09 bits per heavy atom. The quantitative estimate of drug-likeness (QED) is 0.906.